The molecule has 1 aromatic carbocycles. The molecule has 0 radical (unpaired) electrons. The van der Waals surface area contributed by atoms with Crippen LogP contribution in [0.5, 0.6) is 5.75 Å². The summed E-state index contributed by atoms with van der Waals surface area (Å²) in [7, 11) is 1.65. The van der Waals surface area contributed by atoms with Gasteiger partial charge in [0.05, 0.1) is 13.7 Å². The van der Waals surface area contributed by atoms with Gasteiger partial charge in [0.15, 0.2) is 0 Å². The summed E-state index contributed by atoms with van der Waals surface area (Å²) < 4.78 is 10.5. The number of halogens is 2. The first kappa shape index (κ1) is 18.7. The van der Waals surface area contributed by atoms with E-state index in [0.29, 0.717) is 18.3 Å². The molecule has 1 aliphatic heterocycles. The van der Waals surface area contributed by atoms with Gasteiger partial charge in [-0.15, -0.1) is 24.8 Å². The van der Waals surface area contributed by atoms with Crippen LogP contribution in [0.4, 0.5) is 0 Å². The molecule has 0 atom stereocenters. The normalized spacial score (nSPS) is 14.8. The van der Waals surface area contributed by atoms with E-state index in [2.05, 4.69) is 20.4 Å². The number of nitrogens with one attached hydrogen (secondary N) is 1. The van der Waals surface area contributed by atoms with Crippen molar-refractivity contribution in [3.8, 4) is 17.1 Å². The fourth-order valence-corrected chi connectivity index (χ4v) is 2.24. The Hall–Kier alpha value is -1.34. The van der Waals surface area contributed by atoms with Crippen molar-refractivity contribution in [2.24, 2.45) is 0 Å². The van der Waals surface area contributed by atoms with Crippen molar-refractivity contribution >= 4 is 24.8 Å². The first-order valence-corrected chi connectivity index (χ1v) is 6.75. The Morgan fingerprint density at radius 1 is 1.18 bits per heavy atom. The number of hydrogen-bond donors (Lipinski definition) is 1. The second kappa shape index (κ2) is 8.95. The van der Waals surface area contributed by atoms with Gasteiger partial charge in [0.25, 0.3) is 0 Å². The van der Waals surface area contributed by atoms with Gasteiger partial charge in [-0.25, -0.2) is 0 Å². The zero-order chi connectivity index (χ0) is 13.8. The summed E-state index contributed by atoms with van der Waals surface area (Å²) in [5.41, 5.74) is 0.932. The predicted octanol–water partition coefficient (Wildman–Crippen LogP) is 1.99. The van der Waals surface area contributed by atoms with Gasteiger partial charge in [0, 0.05) is 31.7 Å². The summed E-state index contributed by atoms with van der Waals surface area (Å²) in [5.74, 6) is 2.11. The van der Waals surface area contributed by atoms with Crippen molar-refractivity contribution in [2.75, 3.05) is 33.3 Å². The number of methoxy groups -OCH3 is 1. The number of nitrogens with zero attached hydrogens (tertiary/aromatic N) is 3. The largest absolute Gasteiger partial charge is 0.497 e. The van der Waals surface area contributed by atoms with E-state index >= 15 is 0 Å². The average Bonchev–Trinajstić information content (AvgIpc) is 2.97. The van der Waals surface area contributed by atoms with E-state index in [1.165, 1.54) is 0 Å². The Morgan fingerprint density at radius 3 is 2.50 bits per heavy atom. The van der Waals surface area contributed by atoms with Crippen molar-refractivity contribution in [1.29, 1.82) is 0 Å². The van der Waals surface area contributed by atoms with Crippen LogP contribution in [0.3, 0.4) is 0 Å². The maximum atomic E-state index is 5.32. The van der Waals surface area contributed by atoms with Crippen LogP contribution >= 0.6 is 24.8 Å². The zero-order valence-electron chi connectivity index (χ0n) is 12.3. The highest BCUT2D eigenvalue weighted by atomic mass is 35.5. The van der Waals surface area contributed by atoms with Gasteiger partial charge >= 0.3 is 0 Å². The molecule has 6 nitrogen and oxygen atoms in total. The summed E-state index contributed by atoms with van der Waals surface area (Å²) in [6.07, 6.45) is 0. The molecular weight excluding hydrogens is 327 g/mol. The fraction of sp³-hybridized carbons (Fsp3) is 0.429. The lowest BCUT2D eigenvalue weighted by Gasteiger charge is -2.25. The number of aromatic nitrogens is 2. The van der Waals surface area contributed by atoms with E-state index in [-0.39, 0.29) is 24.8 Å². The number of hydrogen-bond acceptors (Lipinski definition) is 6. The molecule has 1 N–H and O–H groups in total. The Balaban J connectivity index is 0.00000121. The van der Waals surface area contributed by atoms with Crippen LogP contribution in [0.15, 0.2) is 28.8 Å². The average molecular weight is 347 g/mol. The fourth-order valence-electron chi connectivity index (χ4n) is 2.24. The SMILES string of the molecule is COc1ccc(-c2noc(CN3CCNCC3)n2)cc1.Cl.Cl. The highest BCUT2D eigenvalue weighted by molar-refractivity contribution is 5.85. The summed E-state index contributed by atoms with van der Waals surface area (Å²) >= 11 is 0. The summed E-state index contributed by atoms with van der Waals surface area (Å²) in [6.45, 7) is 4.77. The van der Waals surface area contributed by atoms with Gasteiger partial charge in [0.1, 0.15) is 5.75 Å². The smallest absolute Gasteiger partial charge is 0.241 e. The van der Waals surface area contributed by atoms with E-state index in [1.807, 2.05) is 24.3 Å². The van der Waals surface area contributed by atoms with Crippen molar-refractivity contribution in [3.63, 3.8) is 0 Å². The molecule has 1 aliphatic rings. The molecule has 2 heterocycles. The summed E-state index contributed by atoms with van der Waals surface area (Å²) in [5, 5.41) is 7.36. The van der Waals surface area contributed by atoms with Gasteiger partial charge in [-0.1, -0.05) is 5.16 Å². The van der Waals surface area contributed by atoms with Crippen LogP contribution in [0.1, 0.15) is 5.89 Å². The van der Waals surface area contributed by atoms with Gasteiger partial charge in [0.2, 0.25) is 11.7 Å². The van der Waals surface area contributed by atoms with Crippen molar-refractivity contribution in [3.05, 3.63) is 30.2 Å². The van der Waals surface area contributed by atoms with Crippen LogP contribution in [0.2, 0.25) is 0 Å². The second-order valence-corrected chi connectivity index (χ2v) is 4.77. The second-order valence-electron chi connectivity index (χ2n) is 4.77. The monoisotopic (exact) mass is 346 g/mol. The molecule has 3 rings (SSSR count). The minimum atomic E-state index is 0. The lowest BCUT2D eigenvalue weighted by Crippen LogP contribution is -2.42. The van der Waals surface area contributed by atoms with E-state index < -0.39 is 0 Å². The predicted molar refractivity (Wildman–Crippen MR) is 88.9 cm³/mol. The van der Waals surface area contributed by atoms with E-state index in [0.717, 1.165) is 37.5 Å². The standard InChI is InChI=1S/C14H18N4O2.2ClH/c1-19-12-4-2-11(3-5-12)14-16-13(20-17-14)10-18-8-6-15-7-9-18;;/h2-5,15H,6-10H2,1H3;2*1H. The highest BCUT2D eigenvalue weighted by Crippen LogP contribution is 2.20. The Bertz CT molecular complexity index is 556. The van der Waals surface area contributed by atoms with Crippen LogP contribution in [0, 0.1) is 0 Å². The Labute approximate surface area is 142 Å². The number of ether oxygens (including phenoxy) is 1. The molecule has 2 aromatic rings. The summed E-state index contributed by atoms with van der Waals surface area (Å²) in [6, 6.07) is 7.64. The third-order valence-corrected chi connectivity index (χ3v) is 3.38. The minimum absolute atomic E-state index is 0. The lowest BCUT2D eigenvalue weighted by molar-refractivity contribution is 0.203. The molecule has 0 saturated carbocycles. The number of piperazine rings is 1. The van der Waals surface area contributed by atoms with Crippen molar-refractivity contribution in [1.82, 2.24) is 20.4 Å². The molecule has 0 bridgehead atoms. The van der Waals surface area contributed by atoms with Gasteiger partial charge in [-0.2, -0.15) is 4.98 Å². The van der Waals surface area contributed by atoms with Gasteiger partial charge in [-0.05, 0) is 24.3 Å². The molecule has 0 aliphatic carbocycles. The first-order valence-electron chi connectivity index (χ1n) is 6.75. The van der Waals surface area contributed by atoms with Crippen molar-refractivity contribution in [2.45, 2.75) is 6.54 Å². The minimum Gasteiger partial charge on any atom is -0.497 e. The van der Waals surface area contributed by atoms with Crippen molar-refractivity contribution < 1.29 is 9.26 Å². The molecule has 0 spiro atoms. The van der Waals surface area contributed by atoms with Crippen LogP contribution in [-0.4, -0.2) is 48.3 Å². The number of rotatable bonds is 4. The third kappa shape index (κ3) is 4.58. The Kier molecular flexibility index (Phi) is 7.61. The molecule has 0 unspecified atom stereocenters. The van der Waals surface area contributed by atoms with Gasteiger partial charge in [-0.3, -0.25) is 4.90 Å². The van der Waals surface area contributed by atoms with Crippen LogP contribution in [-0.2, 0) is 6.54 Å². The van der Waals surface area contributed by atoms with E-state index in [9.17, 15) is 0 Å². The molecule has 0 amide bonds. The van der Waals surface area contributed by atoms with Crippen LogP contribution < -0.4 is 10.1 Å². The molecule has 1 saturated heterocycles. The zero-order valence-corrected chi connectivity index (χ0v) is 14.0. The molecule has 8 heteroatoms. The van der Waals surface area contributed by atoms with Crippen LogP contribution in [0.25, 0.3) is 11.4 Å². The Morgan fingerprint density at radius 2 is 1.86 bits per heavy atom. The molecule has 22 heavy (non-hydrogen) atoms. The third-order valence-electron chi connectivity index (χ3n) is 3.38. The molecule has 1 fully saturated rings. The maximum Gasteiger partial charge on any atom is 0.241 e. The molecule has 122 valence electrons. The van der Waals surface area contributed by atoms with E-state index in [1.54, 1.807) is 7.11 Å². The lowest BCUT2D eigenvalue weighted by atomic mass is 10.2. The summed E-state index contributed by atoms with van der Waals surface area (Å²) in [4.78, 5) is 6.76. The quantitative estimate of drug-likeness (QED) is 0.913. The topological polar surface area (TPSA) is 63.4 Å². The van der Waals surface area contributed by atoms with Gasteiger partial charge < -0.3 is 14.6 Å². The van der Waals surface area contributed by atoms with E-state index in [4.69, 9.17) is 9.26 Å². The number of benzene rings is 1. The maximum absolute atomic E-state index is 5.32. The first-order chi connectivity index (χ1) is 9.85. The highest BCUT2D eigenvalue weighted by Gasteiger charge is 2.15. The molecular formula is C14H20Cl2N4O2. The molecule has 1 aromatic heterocycles.